The lowest BCUT2D eigenvalue weighted by Crippen LogP contribution is -2.30. The summed E-state index contributed by atoms with van der Waals surface area (Å²) in [5.74, 6) is -2.45. The topological polar surface area (TPSA) is 47.6 Å². The summed E-state index contributed by atoms with van der Waals surface area (Å²) >= 11 is 0. The van der Waals surface area contributed by atoms with Crippen molar-refractivity contribution in [3.05, 3.63) is 57.9 Å². The van der Waals surface area contributed by atoms with E-state index in [4.69, 9.17) is 9.47 Å². The van der Waals surface area contributed by atoms with Crippen LogP contribution in [0.15, 0.2) is 40.7 Å². The molecular weight excluding hydrogens is 352 g/mol. The maximum Gasteiger partial charge on any atom is 0.336 e. The molecule has 2 rings (SSSR count). The van der Waals surface area contributed by atoms with Crippen molar-refractivity contribution in [2.24, 2.45) is 0 Å². The van der Waals surface area contributed by atoms with Crippen LogP contribution in [0, 0.1) is 11.6 Å². The first-order valence-electron chi connectivity index (χ1n) is 8.69. The fraction of sp³-hybridized carbons (Fsp3) is 0.476. The molecule has 0 amide bonds. The van der Waals surface area contributed by atoms with E-state index in [9.17, 15) is 13.6 Å². The van der Waals surface area contributed by atoms with Gasteiger partial charge in [0.05, 0.1) is 12.2 Å². The van der Waals surface area contributed by atoms with Crippen LogP contribution in [0.1, 0.15) is 52.5 Å². The van der Waals surface area contributed by atoms with Crippen molar-refractivity contribution in [3.63, 3.8) is 0 Å². The molecule has 1 aromatic carbocycles. The SMILES string of the molecule is C.CCCC1=C(C)NC(C)=C(C(=O)OCCOC)C1c1ccc(F)cc1F. The number of methoxy groups -OCH3 is 1. The average Bonchev–Trinajstić information content (AvgIpc) is 2.57. The number of hydrogen-bond donors (Lipinski definition) is 1. The molecule has 1 atom stereocenters. The Hall–Kier alpha value is -2.21. The average molecular weight is 381 g/mol. The van der Waals surface area contributed by atoms with E-state index in [1.165, 1.54) is 19.2 Å². The van der Waals surface area contributed by atoms with Gasteiger partial charge in [0.2, 0.25) is 0 Å². The summed E-state index contributed by atoms with van der Waals surface area (Å²) in [7, 11) is 1.52. The number of ether oxygens (including phenoxy) is 2. The summed E-state index contributed by atoms with van der Waals surface area (Å²) in [5.41, 5.74) is 3.02. The Balaban J connectivity index is 0.00000364. The van der Waals surface area contributed by atoms with E-state index in [0.717, 1.165) is 23.8 Å². The third-order valence-corrected chi connectivity index (χ3v) is 4.43. The minimum Gasteiger partial charge on any atom is -0.460 e. The summed E-state index contributed by atoms with van der Waals surface area (Å²) in [5, 5.41) is 3.20. The summed E-state index contributed by atoms with van der Waals surface area (Å²) in [6.45, 7) is 6.05. The first-order valence-corrected chi connectivity index (χ1v) is 8.69. The molecule has 0 bridgehead atoms. The zero-order valence-electron chi connectivity index (χ0n) is 15.6. The molecule has 1 aliphatic heterocycles. The van der Waals surface area contributed by atoms with Crippen LogP contribution >= 0.6 is 0 Å². The zero-order valence-corrected chi connectivity index (χ0v) is 15.6. The van der Waals surface area contributed by atoms with E-state index in [1.54, 1.807) is 6.92 Å². The molecule has 27 heavy (non-hydrogen) atoms. The Labute approximate surface area is 160 Å². The van der Waals surface area contributed by atoms with Gasteiger partial charge in [-0.2, -0.15) is 0 Å². The van der Waals surface area contributed by atoms with E-state index in [1.807, 2.05) is 13.8 Å². The van der Waals surface area contributed by atoms with Crippen molar-refractivity contribution in [3.8, 4) is 0 Å². The second kappa shape index (κ2) is 10.2. The Morgan fingerprint density at radius 1 is 1.19 bits per heavy atom. The first kappa shape index (κ1) is 22.8. The van der Waals surface area contributed by atoms with E-state index in [-0.39, 0.29) is 26.2 Å². The van der Waals surface area contributed by atoms with Crippen molar-refractivity contribution >= 4 is 5.97 Å². The summed E-state index contributed by atoms with van der Waals surface area (Å²) < 4.78 is 38.2. The minimum atomic E-state index is -0.673. The smallest absolute Gasteiger partial charge is 0.336 e. The second-order valence-corrected chi connectivity index (χ2v) is 6.29. The van der Waals surface area contributed by atoms with E-state index in [0.29, 0.717) is 17.7 Å². The van der Waals surface area contributed by atoms with Gasteiger partial charge in [0, 0.05) is 30.5 Å². The van der Waals surface area contributed by atoms with E-state index in [2.05, 4.69) is 5.32 Å². The third-order valence-electron chi connectivity index (χ3n) is 4.43. The molecule has 150 valence electrons. The van der Waals surface area contributed by atoms with Crippen LogP contribution < -0.4 is 5.32 Å². The molecule has 0 radical (unpaired) electrons. The number of halogens is 2. The molecule has 0 spiro atoms. The number of nitrogens with one attached hydrogen (secondary N) is 1. The van der Waals surface area contributed by atoms with Crippen molar-refractivity contribution in [2.45, 2.75) is 47.0 Å². The highest BCUT2D eigenvalue weighted by molar-refractivity contribution is 5.92. The summed E-state index contributed by atoms with van der Waals surface area (Å²) in [4.78, 5) is 12.7. The Bertz CT molecular complexity index is 741. The van der Waals surface area contributed by atoms with E-state index >= 15 is 0 Å². The second-order valence-electron chi connectivity index (χ2n) is 6.29. The number of carbonyl (C=O) groups is 1. The van der Waals surface area contributed by atoms with Crippen LogP contribution in [0.5, 0.6) is 0 Å². The van der Waals surface area contributed by atoms with Gasteiger partial charge in [0.15, 0.2) is 0 Å². The number of dihydropyridines is 1. The standard InChI is InChI=1S/C20H25F2NO3.CH4/c1-5-6-15-12(2)23-13(3)18(20(24)26-10-9-25-4)19(15)16-8-7-14(21)11-17(16)22;/h7-8,11,19,23H,5-6,9-10H2,1-4H3;1H4. The van der Waals surface area contributed by atoms with Gasteiger partial charge in [0.1, 0.15) is 18.2 Å². The number of hydrogen-bond acceptors (Lipinski definition) is 4. The van der Waals surface area contributed by atoms with Crippen molar-refractivity contribution in [1.29, 1.82) is 0 Å². The number of rotatable bonds is 7. The van der Waals surface area contributed by atoms with Crippen molar-refractivity contribution in [1.82, 2.24) is 5.32 Å². The lowest BCUT2D eigenvalue weighted by molar-refractivity contribution is -0.140. The fourth-order valence-electron chi connectivity index (χ4n) is 3.28. The third kappa shape index (κ3) is 5.16. The first-order chi connectivity index (χ1) is 12.4. The fourth-order valence-corrected chi connectivity index (χ4v) is 3.28. The molecule has 6 heteroatoms. The maximum absolute atomic E-state index is 14.6. The molecule has 1 aliphatic rings. The Kier molecular flexibility index (Phi) is 8.63. The molecule has 4 nitrogen and oxygen atoms in total. The number of allylic oxidation sites excluding steroid dienone is 3. The van der Waals surface area contributed by atoms with Gasteiger partial charge in [-0.25, -0.2) is 13.6 Å². The van der Waals surface area contributed by atoms with Gasteiger partial charge in [-0.3, -0.25) is 0 Å². The van der Waals surface area contributed by atoms with Crippen molar-refractivity contribution in [2.75, 3.05) is 20.3 Å². The highest BCUT2D eigenvalue weighted by atomic mass is 19.1. The van der Waals surface area contributed by atoms with Gasteiger partial charge in [-0.1, -0.05) is 26.8 Å². The lowest BCUT2D eigenvalue weighted by Gasteiger charge is -2.32. The Morgan fingerprint density at radius 2 is 1.89 bits per heavy atom. The number of esters is 1. The van der Waals surface area contributed by atoms with Gasteiger partial charge in [0.25, 0.3) is 0 Å². The number of benzene rings is 1. The molecule has 1 heterocycles. The zero-order chi connectivity index (χ0) is 19.3. The van der Waals surface area contributed by atoms with Crippen LogP contribution in [0.25, 0.3) is 0 Å². The van der Waals surface area contributed by atoms with Gasteiger partial charge < -0.3 is 14.8 Å². The van der Waals surface area contributed by atoms with Crippen LogP contribution in [0.2, 0.25) is 0 Å². The minimum absolute atomic E-state index is 0. The maximum atomic E-state index is 14.6. The Morgan fingerprint density at radius 3 is 2.48 bits per heavy atom. The van der Waals surface area contributed by atoms with Crippen LogP contribution in [0.3, 0.4) is 0 Å². The summed E-state index contributed by atoms with van der Waals surface area (Å²) in [6.07, 6.45) is 1.52. The predicted molar refractivity (Wildman–Crippen MR) is 102 cm³/mol. The quantitative estimate of drug-likeness (QED) is 0.543. The lowest BCUT2D eigenvalue weighted by atomic mass is 9.78. The van der Waals surface area contributed by atoms with E-state index < -0.39 is 23.5 Å². The highest BCUT2D eigenvalue weighted by Gasteiger charge is 2.35. The highest BCUT2D eigenvalue weighted by Crippen LogP contribution is 2.41. The van der Waals surface area contributed by atoms with Crippen LogP contribution in [-0.4, -0.2) is 26.3 Å². The molecular formula is C21H29F2NO3. The molecule has 1 N–H and O–H groups in total. The van der Waals surface area contributed by atoms with Crippen LogP contribution in [0.4, 0.5) is 8.78 Å². The predicted octanol–water partition coefficient (Wildman–Crippen LogP) is 4.83. The van der Waals surface area contributed by atoms with Crippen LogP contribution in [-0.2, 0) is 14.3 Å². The molecule has 0 saturated carbocycles. The normalized spacial score (nSPS) is 16.7. The molecule has 0 aromatic heterocycles. The van der Waals surface area contributed by atoms with Gasteiger partial charge in [-0.05, 0) is 37.5 Å². The summed E-state index contributed by atoms with van der Waals surface area (Å²) in [6, 6.07) is 3.46. The molecule has 1 unspecified atom stereocenters. The molecule has 0 fully saturated rings. The largest absolute Gasteiger partial charge is 0.460 e. The van der Waals surface area contributed by atoms with Gasteiger partial charge in [-0.15, -0.1) is 0 Å². The molecule has 0 aliphatic carbocycles. The monoisotopic (exact) mass is 381 g/mol. The molecule has 0 saturated heterocycles. The number of carbonyl (C=O) groups excluding carboxylic acids is 1. The van der Waals surface area contributed by atoms with Crippen molar-refractivity contribution < 1.29 is 23.0 Å². The van der Waals surface area contributed by atoms with Gasteiger partial charge >= 0.3 is 5.97 Å². The molecule has 1 aromatic rings.